The van der Waals surface area contributed by atoms with Gasteiger partial charge < -0.3 is 5.11 Å². The Kier molecular flexibility index (Phi) is 4.76. The molecule has 2 aliphatic carbocycles. The smallest absolute Gasteiger partial charge is 0.155 e. The Morgan fingerprint density at radius 1 is 1.09 bits per heavy atom. The highest BCUT2D eigenvalue weighted by molar-refractivity contribution is 6.12. The van der Waals surface area contributed by atoms with Crippen molar-refractivity contribution in [2.24, 2.45) is 10.8 Å². The van der Waals surface area contributed by atoms with Gasteiger partial charge in [-0.25, -0.2) is 0 Å². The number of carbonyl (C=O) groups excluding carboxylic acids is 2. The molecule has 0 aromatic carbocycles. The zero-order chi connectivity index (χ0) is 16.5. The number of ketones is 2. The van der Waals surface area contributed by atoms with Crippen molar-refractivity contribution in [3.63, 3.8) is 0 Å². The topological polar surface area (TPSA) is 54.4 Å². The Hall–Kier alpha value is -1.22. The van der Waals surface area contributed by atoms with E-state index in [1.165, 1.54) is 0 Å². The number of aliphatic hydroxyl groups excluding tert-OH is 1. The summed E-state index contributed by atoms with van der Waals surface area (Å²) >= 11 is 0. The summed E-state index contributed by atoms with van der Waals surface area (Å²) in [4.78, 5) is 25.9. The third-order valence-corrected chi connectivity index (χ3v) is 5.40. The number of carbonyl (C=O) groups is 2. The maximum atomic E-state index is 13.3. The molecule has 0 radical (unpaired) electrons. The van der Waals surface area contributed by atoms with E-state index in [0.717, 1.165) is 17.6 Å². The van der Waals surface area contributed by atoms with Gasteiger partial charge in [0.1, 0.15) is 5.78 Å². The third-order valence-electron chi connectivity index (χ3n) is 5.40. The van der Waals surface area contributed by atoms with Crippen LogP contribution in [0.3, 0.4) is 0 Å². The molecular formula is C19H28O3. The number of allylic oxidation sites excluding steroid dienone is 4. The van der Waals surface area contributed by atoms with E-state index in [1.807, 2.05) is 39.8 Å². The molecule has 0 aliphatic heterocycles. The molecule has 2 bridgehead atoms. The van der Waals surface area contributed by atoms with Crippen molar-refractivity contribution in [1.29, 1.82) is 0 Å². The third kappa shape index (κ3) is 2.71. The van der Waals surface area contributed by atoms with E-state index in [2.05, 4.69) is 0 Å². The second-order valence-corrected chi connectivity index (χ2v) is 7.54. The van der Waals surface area contributed by atoms with Gasteiger partial charge in [0.15, 0.2) is 5.78 Å². The van der Waals surface area contributed by atoms with Crippen LogP contribution in [-0.2, 0) is 9.59 Å². The minimum Gasteiger partial charge on any atom is -0.392 e. The fourth-order valence-corrected chi connectivity index (χ4v) is 3.96. The first kappa shape index (κ1) is 17.1. The van der Waals surface area contributed by atoms with Crippen molar-refractivity contribution in [2.75, 3.05) is 0 Å². The van der Waals surface area contributed by atoms with Gasteiger partial charge in [0, 0.05) is 6.42 Å². The summed E-state index contributed by atoms with van der Waals surface area (Å²) in [5, 5.41) is 10.5. The van der Waals surface area contributed by atoms with Crippen molar-refractivity contribution in [3.05, 3.63) is 23.3 Å². The highest BCUT2D eigenvalue weighted by atomic mass is 16.3. The molecule has 122 valence electrons. The van der Waals surface area contributed by atoms with Gasteiger partial charge in [0.2, 0.25) is 0 Å². The molecule has 0 spiro atoms. The second-order valence-electron chi connectivity index (χ2n) is 7.54. The number of fused-ring (bicyclic) bond motifs is 2. The number of aliphatic hydroxyl groups is 1. The number of hydrogen-bond acceptors (Lipinski definition) is 3. The van der Waals surface area contributed by atoms with E-state index in [1.54, 1.807) is 0 Å². The highest BCUT2D eigenvalue weighted by Gasteiger charge is 2.62. The predicted molar refractivity (Wildman–Crippen MR) is 87.5 cm³/mol. The Morgan fingerprint density at radius 2 is 1.68 bits per heavy atom. The minimum absolute atomic E-state index is 0.00926. The van der Waals surface area contributed by atoms with Gasteiger partial charge in [-0.2, -0.15) is 0 Å². The SMILES string of the molecule is CC(C)=CC[C@@]12CCC[C@@](CC=C(C)C)(C1=O)[C@@H](O)CC2=O. The quantitative estimate of drug-likeness (QED) is 0.635. The molecule has 0 aromatic rings. The lowest BCUT2D eigenvalue weighted by Crippen LogP contribution is -2.61. The van der Waals surface area contributed by atoms with Crippen molar-refractivity contribution >= 4 is 11.6 Å². The fourth-order valence-electron chi connectivity index (χ4n) is 3.96. The molecule has 0 saturated heterocycles. The molecule has 0 aromatic heterocycles. The average Bonchev–Trinajstić information content (AvgIpc) is 2.43. The van der Waals surface area contributed by atoms with Crippen LogP contribution in [0.25, 0.3) is 0 Å². The molecule has 3 nitrogen and oxygen atoms in total. The van der Waals surface area contributed by atoms with Crippen LogP contribution in [0.4, 0.5) is 0 Å². The van der Waals surface area contributed by atoms with E-state index in [9.17, 15) is 14.7 Å². The van der Waals surface area contributed by atoms with E-state index in [0.29, 0.717) is 25.7 Å². The van der Waals surface area contributed by atoms with Gasteiger partial charge in [-0.15, -0.1) is 0 Å². The first-order chi connectivity index (χ1) is 10.2. The van der Waals surface area contributed by atoms with Crippen LogP contribution in [-0.4, -0.2) is 22.8 Å². The van der Waals surface area contributed by atoms with Crippen molar-refractivity contribution in [3.8, 4) is 0 Å². The Bertz CT molecular complexity index is 535. The molecule has 2 rings (SSSR count). The van der Waals surface area contributed by atoms with Crippen LogP contribution >= 0.6 is 0 Å². The lowest BCUT2D eigenvalue weighted by molar-refractivity contribution is -0.169. The van der Waals surface area contributed by atoms with Gasteiger partial charge in [-0.1, -0.05) is 29.7 Å². The molecule has 3 atom stereocenters. The van der Waals surface area contributed by atoms with Crippen LogP contribution in [0, 0.1) is 10.8 Å². The monoisotopic (exact) mass is 304 g/mol. The summed E-state index contributed by atoms with van der Waals surface area (Å²) < 4.78 is 0. The number of hydrogen-bond donors (Lipinski definition) is 1. The van der Waals surface area contributed by atoms with E-state index >= 15 is 0 Å². The predicted octanol–water partition coefficient (Wildman–Crippen LogP) is 3.76. The average molecular weight is 304 g/mol. The van der Waals surface area contributed by atoms with Crippen molar-refractivity contribution < 1.29 is 14.7 Å². The zero-order valence-electron chi connectivity index (χ0n) is 14.2. The molecule has 2 saturated carbocycles. The molecule has 0 unspecified atom stereocenters. The van der Waals surface area contributed by atoms with E-state index in [-0.39, 0.29) is 18.0 Å². The van der Waals surface area contributed by atoms with Gasteiger partial charge >= 0.3 is 0 Å². The Balaban J connectivity index is 2.43. The molecule has 2 fully saturated rings. The first-order valence-corrected chi connectivity index (χ1v) is 8.27. The minimum atomic E-state index is -0.885. The molecule has 0 amide bonds. The summed E-state index contributed by atoms with van der Waals surface area (Å²) in [7, 11) is 0. The molecule has 2 aliphatic rings. The number of Topliss-reactive ketones (excluding diaryl/α,β-unsaturated/α-hetero) is 2. The molecule has 0 heterocycles. The van der Waals surface area contributed by atoms with Crippen molar-refractivity contribution in [2.45, 2.75) is 72.3 Å². The summed E-state index contributed by atoms with van der Waals surface area (Å²) in [6, 6.07) is 0. The van der Waals surface area contributed by atoms with Crippen LogP contribution in [0.2, 0.25) is 0 Å². The van der Waals surface area contributed by atoms with Crippen LogP contribution in [0.15, 0.2) is 23.3 Å². The van der Waals surface area contributed by atoms with Gasteiger partial charge in [-0.3, -0.25) is 9.59 Å². The standard InChI is InChI=1S/C19H28O3/c1-13(2)6-10-18-8-5-9-19(17(18)22,11-7-14(3)4)16(21)12-15(18)20/h6-7,15,20H,5,8-12H2,1-4H3/t15-,18-,19+/m0/s1. The molecule has 1 N–H and O–H groups in total. The van der Waals surface area contributed by atoms with Crippen molar-refractivity contribution in [1.82, 2.24) is 0 Å². The van der Waals surface area contributed by atoms with E-state index in [4.69, 9.17) is 0 Å². The normalized spacial score (nSPS) is 34.3. The summed E-state index contributed by atoms with van der Waals surface area (Å²) in [6.07, 6.45) is 6.55. The lowest BCUT2D eigenvalue weighted by Gasteiger charge is -2.51. The van der Waals surface area contributed by atoms with Crippen LogP contribution in [0.1, 0.15) is 66.2 Å². The van der Waals surface area contributed by atoms with E-state index < -0.39 is 16.9 Å². The fraction of sp³-hybridized carbons (Fsp3) is 0.684. The Labute approximate surface area is 133 Å². The first-order valence-electron chi connectivity index (χ1n) is 8.27. The highest BCUT2D eigenvalue weighted by Crippen LogP contribution is 2.54. The van der Waals surface area contributed by atoms with Gasteiger partial charge in [0.25, 0.3) is 0 Å². The number of rotatable bonds is 4. The van der Waals surface area contributed by atoms with Gasteiger partial charge in [0.05, 0.1) is 16.9 Å². The summed E-state index contributed by atoms with van der Waals surface area (Å²) in [6.45, 7) is 7.98. The van der Waals surface area contributed by atoms with Crippen LogP contribution in [0.5, 0.6) is 0 Å². The summed E-state index contributed by atoms with van der Waals surface area (Å²) in [5.74, 6) is -0.0694. The lowest BCUT2D eigenvalue weighted by atomic mass is 9.50. The largest absolute Gasteiger partial charge is 0.392 e. The maximum absolute atomic E-state index is 13.3. The maximum Gasteiger partial charge on any atom is 0.155 e. The molecule has 22 heavy (non-hydrogen) atoms. The second kappa shape index (κ2) is 6.11. The summed E-state index contributed by atoms with van der Waals surface area (Å²) in [5.41, 5.74) is 0.636. The van der Waals surface area contributed by atoms with Gasteiger partial charge in [-0.05, 0) is 53.4 Å². The molecular weight excluding hydrogens is 276 g/mol. The zero-order valence-corrected chi connectivity index (χ0v) is 14.2. The Morgan fingerprint density at radius 3 is 2.27 bits per heavy atom. The van der Waals surface area contributed by atoms with Crippen LogP contribution < -0.4 is 0 Å². The molecule has 3 heteroatoms.